The smallest absolute Gasteiger partial charge is 0.373 e. The number of halogens is 6. The van der Waals surface area contributed by atoms with Crippen LogP contribution in [0.1, 0.15) is 28.8 Å². The zero-order valence-corrected chi connectivity index (χ0v) is 19.5. The Bertz CT molecular complexity index is 1390. The minimum absolute atomic E-state index is 0.0735. The largest absolute Gasteiger partial charge is 0.451 e. The molecule has 1 aliphatic heterocycles. The van der Waals surface area contributed by atoms with Crippen LogP contribution in [0.4, 0.5) is 26.3 Å². The molecule has 2 heterocycles. The fourth-order valence-electron chi connectivity index (χ4n) is 3.99. The number of hydrogen-bond donors (Lipinski definition) is 2. The summed E-state index contributed by atoms with van der Waals surface area (Å²) in [4.78, 5) is 26.5. The minimum Gasteiger partial charge on any atom is -0.373 e. The molecule has 1 atom stereocenters. The van der Waals surface area contributed by atoms with Crippen LogP contribution < -0.4 is 11.1 Å². The molecular formula is C24H20F6N6O2. The highest BCUT2D eigenvalue weighted by Crippen LogP contribution is 2.29. The molecule has 0 radical (unpaired) electrons. The van der Waals surface area contributed by atoms with Crippen molar-refractivity contribution in [2.75, 3.05) is 6.54 Å². The summed E-state index contributed by atoms with van der Waals surface area (Å²) in [7, 11) is 0. The van der Waals surface area contributed by atoms with E-state index in [0.29, 0.717) is 17.7 Å². The second-order valence-corrected chi connectivity index (χ2v) is 8.44. The molecule has 2 amide bonds. The second kappa shape index (κ2) is 10.6. The van der Waals surface area contributed by atoms with Crippen LogP contribution >= 0.6 is 0 Å². The topological polar surface area (TPSA) is 106 Å². The van der Waals surface area contributed by atoms with Crippen molar-refractivity contribution in [3.63, 3.8) is 0 Å². The van der Waals surface area contributed by atoms with E-state index in [2.05, 4.69) is 15.5 Å². The first kappa shape index (κ1) is 26.7. The van der Waals surface area contributed by atoms with Crippen LogP contribution in [0.2, 0.25) is 0 Å². The molecule has 0 fully saturated rings. The van der Waals surface area contributed by atoms with E-state index in [1.54, 1.807) is 30.3 Å². The summed E-state index contributed by atoms with van der Waals surface area (Å²) in [5.41, 5.74) is 5.55. The van der Waals surface area contributed by atoms with E-state index < -0.39 is 53.7 Å². The number of nitrogens with one attached hydrogen (secondary N) is 1. The molecule has 3 aromatic rings. The number of allylic oxidation sites excluding steroid dienone is 1. The van der Waals surface area contributed by atoms with E-state index in [-0.39, 0.29) is 36.7 Å². The molecular weight excluding hydrogens is 518 g/mol. The van der Waals surface area contributed by atoms with Crippen molar-refractivity contribution in [1.82, 2.24) is 25.0 Å². The van der Waals surface area contributed by atoms with E-state index in [1.165, 1.54) is 4.90 Å². The fourth-order valence-corrected chi connectivity index (χ4v) is 3.99. The van der Waals surface area contributed by atoms with Gasteiger partial charge in [0.25, 0.3) is 0 Å². The van der Waals surface area contributed by atoms with Crippen LogP contribution in [-0.2, 0) is 35.3 Å². The molecule has 0 aliphatic carbocycles. The Kier molecular flexibility index (Phi) is 7.41. The molecule has 0 spiro atoms. The molecule has 1 unspecified atom stereocenters. The van der Waals surface area contributed by atoms with Gasteiger partial charge in [-0.3, -0.25) is 9.59 Å². The first-order valence-electron chi connectivity index (χ1n) is 11.2. The van der Waals surface area contributed by atoms with E-state index in [9.17, 15) is 35.9 Å². The minimum atomic E-state index is -4.72. The monoisotopic (exact) mass is 538 g/mol. The normalized spacial score (nSPS) is 14.7. The Labute approximate surface area is 211 Å². The van der Waals surface area contributed by atoms with Gasteiger partial charge >= 0.3 is 6.18 Å². The van der Waals surface area contributed by atoms with Gasteiger partial charge in [-0.2, -0.15) is 13.2 Å². The third kappa shape index (κ3) is 5.79. The molecule has 0 saturated carbocycles. The van der Waals surface area contributed by atoms with Gasteiger partial charge in [-0.15, -0.1) is 10.2 Å². The van der Waals surface area contributed by atoms with Gasteiger partial charge in [0.2, 0.25) is 17.6 Å². The third-order valence-corrected chi connectivity index (χ3v) is 5.83. The quantitative estimate of drug-likeness (QED) is 0.273. The third-order valence-electron chi connectivity index (χ3n) is 5.83. The predicted molar refractivity (Wildman–Crippen MR) is 120 cm³/mol. The van der Waals surface area contributed by atoms with Gasteiger partial charge in [0, 0.05) is 37.3 Å². The van der Waals surface area contributed by atoms with Crippen molar-refractivity contribution >= 4 is 11.8 Å². The Hall–Kier alpha value is -4.36. The second-order valence-electron chi connectivity index (χ2n) is 8.44. The van der Waals surface area contributed by atoms with Crippen LogP contribution in [0.5, 0.6) is 0 Å². The number of nitrogens with two attached hydrogens (primary N) is 1. The average molecular weight is 538 g/mol. The Morgan fingerprint density at radius 1 is 1.03 bits per heavy atom. The zero-order valence-electron chi connectivity index (χ0n) is 19.5. The molecule has 4 rings (SSSR count). The number of aromatic nitrogens is 3. The van der Waals surface area contributed by atoms with Gasteiger partial charge < -0.3 is 20.5 Å². The number of hydrogen-bond acceptors (Lipinski definition) is 5. The lowest BCUT2D eigenvalue weighted by atomic mass is 10.0. The molecule has 14 heteroatoms. The SMILES string of the molecule is NC(=O)C(NC(=CC(=O)N1CCn2c(nnc2C(F)(F)F)C1)Cc1cc(F)c(F)cc1F)c1ccccc1. The van der Waals surface area contributed by atoms with E-state index >= 15 is 0 Å². The molecule has 38 heavy (non-hydrogen) atoms. The van der Waals surface area contributed by atoms with Crippen LogP contribution in [0, 0.1) is 17.5 Å². The molecule has 1 aliphatic rings. The van der Waals surface area contributed by atoms with Gasteiger partial charge in [-0.05, 0) is 17.2 Å². The van der Waals surface area contributed by atoms with Gasteiger partial charge in [0.1, 0.15) is 11.9 Å². The fraction of sp³-hybridized carbons (Fsp3) is 0.250. The molecule has 200 valence electrons. The molecule has 8 nitrogen and oxygen atoms in total. The highest BCUT2D eigenvalue weighted by atomic mass is 19.4. The maximum absolute atomic E-state index is 14.4. The lowest BCUT2D eigenvalue weighted by molar-refractivity contribution is -0.148. The summed E-state index contributed by atoms with van der Waals surface area (Å²) in [6, 6.07) is 7.91. The van der Waals surface area contributed by atoms with Crippen LogP contribution in [0.25, 0.3) is 0 Å². The maximum Gasteiger partial charge on any atom is 0.451 e. The van der Waals surface area contributed by atoms with Gasteiger partial charge in [-0.25, -0.2) is 13.2 Å². The number of fused-ring (bicyclic) bond motifs is 1. The summed E-state index contributed by atoms with van der Waals surface area (Å²) in [5, 5.41) is 9.45. The van der Waals surface area contributed by atoms with Crippen LogP contribution in [-0.4, -0.2) is 38.0 Å². The molecule has 2 aromatic carbocycles. The van der Waals surface area contributed by atoms with Crippen molar-refractivity contribution in [2.45, 2.75) is 31.7 Å². The van der Waals surface area contributed by atoms with Crippen molar-refractivity contribution in [3.8, 4) is 0 Å². The molecule has 3 N–H and O–H groups in total. The summed E-state index contributed by atoms with van der Waals surface area (Å²) in [6.45, 7) is -0.664. The first-order valence-corrected chi connectivity index (χ1v) is 11.2. The van der Waals surface area contributed by atoms with E-state index in [0.717, 1.165) is 10.6 Å². The van der Waals surface area contributed by atoms with Crippen LogP contribution in [0.15, 0.2) is 54.2 Å². The van der Waals surface area contributed by atoms with Gasteiger partial charge in [-0.1, -0.05) is 30.3 Å². The van der Waals surface area contributed by atoms with E-state index in [1.807, 2.05) is 0 Å². The number of alkyl halides is 3. The molecule has 1 aromatic heterocycles. The van der Waals surface area contributed by atoms with Crippen molar-refractivity contribution < 1.29 is 35.9 Å². The highest BCUT2D eigenvalue weighted by molar-refractivity contribution is 5.88. The van der Waals surface area contributed by atoms with Gasteiger partial charge in [0.15, 0.2) is 17.5 Å². The highest BCUT2D eigenvalue weighted by Gasteiger charge is 2.39. The zero-order chi connectivity index (χ0) is 27.6. The summed E-state index contributed by atoms with van der Waals surface area (Å²) < 4.78 is 81.9. The number of rotatable bonds is 7. The standard InChI is InChI=1S/C24H20F6N6O2/c25-16-11-18(27)17(26)9-14(16)8-15(32-21(22(31)38)13-4-2-1-3-5-13)10-20(37)35-6-7-36-19(12-35)33-34-23(36)24(28,29)30/h1-5,9-11,21,32H,6-8,12H2,(H2,31,38). The number of carbonyl (C=O) groups excluding carboxylic acids is 2. The van der Waals surface area contributed by atoms with Crippen molar-refractivity contribution in [2.24, 2.45) is 5.73 Å². The Morgan fingerprint density at radius 2 is 1.71 bits per heavy atom. The summed E-state index contributed by atoms with van der Waals surface area (Å²) >= 11 is 0. The maximum atomic E-state index is 14.4. The van der Waals surface area contributed by atoms with Crippen LogP contribution in [0.3, 0.4) is 0 Å². The first-order chi connectivity index (χ1) is 17.9. The number of nitrogens with zero attached hydrogens (tertiary/aromatic N) is 4. The average Bonchev–Trinajstić information content (AvgIpc) is 3.30. The van der Waals surface area contributed by atoms with Crippen molar-refractivity contribution in [1.29, 1.82) is 0 Å². The number of benzene rings is 2. The summed E-state index contributed by atoms with van der Waals surface area (Å²) in [6.07, 6.45) is -4.19. The number of amides is 2. The van der Waals surface area contributed by atoms with Crippen molar-refractivity contribution in [3.05, 3.63) is 94.5 Å². The molecule has 0 saturated heterocycles. The lowest BCUT2D eigenvalue weighted by Crippen LogP contribution is -2.39. The van der Waals surface area contributed by atoms with E-state index in [4.69, 9.17) is 5.73 Å². The Balaban J connectivity index is 1.64. The lowest BCUT2D eigenvalue weighted by Gasteiger charge is -2.28. The van der Waals surface area contributed by atoms with Gasteiger partial charge in [0.05, 0.1) is 6.54 Å². The molecule has 0 bridgehead atoms. The Morgan fingerprint density at radius 3 is 2.37 bits per heavy atom. The summed E-state index contributed by atoms with van der Waals surface area (Å²) in [5.74, 6) is -6.65. The predicted octanol–water partition coefficient (Wildman–Crippen LogP) is 3.00. The number of primary amides is 1. The number of carbonyl (C=O) groups is 2.